The Morgan fingerprint density at radius 1 is 1.14 bits per heavy atom. The number of halogens is 3. The lowest BCUT2D eigenvalue weighted by Crippen LogP contribution is -2.08. The van der Waals surface area contributed by atoms with Gasteiger partial charge in [-0.1, -0.05) is 0 Å². The first-order chi connectivity index (χ1) is 9.94. The van der Waals surface area contributed by atoms with Crippen LogP contribution in [0.25, 0.3) is 0 Å². The summed E-state index contributed by atoms with van der Waals surface area (Å²) in [5.41, 5.74) is 0.889. The van der Waals surface area contributed by atoms with Crippen LogP contribution in [0.1, 0.15) is 11.1 Å². The standard InChI is InChI=1S/C13H9F3N4O/c14-13(15,16)11-5-9(2-1-8(11)7-17)19-12-6-10(20-21)3-4-18-12/h1-6,21H,(H2,18,19,20). The van der Waals surface area contributed by atoms with Crippen molar-refractivity contribution in [2.24, 2.45) is 0 Å². The number of anilines is 3. The molecule has 1 heterocycles. The van der Waals surface area contributed by atoms with Crippen molar-refractivity contribution in [1.82, 2.24) is 4.98 Å². The van der Waals surface area contributed by atoms with E-state index in [1.807, 2.05) is 5.48 Å². The van der Waals surface area contributed by atoms with Crippen LogP contribution in [0.2, 0.25) is 0 Å². The minimum absolute atomic E-state index is 0.129. The van der Waals surface area contributed by atoms with Gasteiger partial charge >= 0.3 is 6.18 Å². The van der Waals surface area contributed by atoms with Crippen molar-refractivity contribution in [2.75, 3.05) is 10.8 Å². The van der Waals surface area contributed by atoms with E-state index in [2.05, 4.69) is 10.3 Å². The molecule has 0 amide bonds. The first-order valence-corrected chi connectivity index (χ1v) is 5.68. The normalized spacial score (nSPS) is 10.8. The maximum absolute atomic E-state index is 12.8. The van der Waals surface area contributed by atoms with Gasteiger partial charge in [-0.3, -0.25) is 10.7 Å². The third kappa shape index (κ3) is 3.40. The number of nitrogens with zero attached hydrogens (tertiary/aromatic N) is 2. The highest BCUT2D eigenvalue weighted by atomic mass is 19.4. The molecule has 108 valence electrons. The molecule has 0 aliphatic rings. The highest BCUT2D eigenvalue weighted by Crippen LogP contribution is 2.34. The zero-order valence-corrected chi connectivity index (χ0v) is 10.4. The Kier molecular flexibility index (Phi) is 3.95. The van der Waals surface area contributed by atoms with Gasteiger partial charge in [0.05, 0.1) is 22.9 Å². The summed E-state index contributed by atoms with van der Waals surface area (Å²) < 4.78 is 38.5. The number of nitriles is 1. The number of pyridine rings is 1. The van der Waals surface area contributed by atoms with Crippen molar-refractivity contribution in [1.29, 1.82) is 5.26 Å². The predicted octanol–water partition coefficient (Wildman–Crippen LogP) is 3.52. The Bertz CT molecular complexity index is 695. The van der Waals surface area contributed by atoms with E-state index in [-0.39, 0.29) is 11.5 Å². The number of rotatable bonds is 3. The van der Waals surface area contributed by atoms with Crippen LogP contribution in [-0.2, 0) is 6.18 Å². The van der Waals surface area contributed by atoms with Gasteiger partial charge < -0.3 is 5.32 Å². The lowest BCUT2D eigenvalue weighted by atomic mass is 10.1. The fourth-order valence-electron chi connectivity index (χ4n) is 1.67. The summed E-state index contributed by atoms with van der Waals surface area (Å²) in [5.74, 6) is 0.242. The Hall–Kier alpha value is -2.79. The molecular formula is C13H9F3N4O. The second-order valence-electron chi connectivity index (χ2n) is 4.04. The van der Waals surface area contributed by atoms with E-state index in [0.717, 1.165) is 12.1 Å². The van der Waals surface area contributed by atoms with Crippen LogP contribution in [0.15, 0.2) is 36.5 Å². The molecule has 21 heavy (non-hydrogen) atoms. The van der Waals surface area contributed by atoms with Gasteiger partial charge in [0.2, 0.25) is 0 Å². The minimum Gasteiger partial charge on any atom is -0.340 e. The molecule has 0 saturated carbocycles. The van der Waals surface area contributed by atoms with Gasteiger partial charge in [0.1, 0.15) is 5.82 Å². The van der Waals surface area contributed by atoms with Crippen LogP contribution in [0.5, 0.6) is 0 Å². The summed E-state index contributed by atoms with van der Waals surface area (Å²) in [5, 5.41) is 20.1. The number of hydrogen-bond acceptors (Lipinski definition) is 5. The van der Waals surface area contributed by atoms with Gasteiger partial charge in [0, 0.05) is 18.0 Å². The summed E-state index contributed by atoms with van der Waals surface area (Å²) in [4.78, 5) is 3.91. The Morgan fingerprint density at radius 3 is 2.52 bits per heavy atom. The predicted molar refractivity (Wildman–Crippen MR) is 69.1 cm³/mol. The van der Waals surface area contributed by atoms with Crippen molar-refractivity contribution in [3.05, 3.63) is 47.7 Å². The zero-order valence-electron chi connectivity index (χ0n) is 10.4. The molecule has 0 spiro atoms. The quantitative estimate of drug-likeness (QED) is 0.755. The topological polar surface area (TPSA) is 81.0 Å². The van der Waals surface area contributed by atoms with Crippen LogP contribution < -0.4 is 10.8 Å². The average Bonchev–Trinajstić information content (AvgIpc) is 2.46. The van der Waals surface area contributed by atoms with Gasteiger partial charge in [-0.2, -0.15) is 18.4 Å². The van der Waals surface area contributed by atoms with Crippen LogP contribution in [0, 0.1) is 11.3 Å². The van der Waals surface area contributed by atoms with Gasteiger partial charge in [0.15, 0.2) is 0 Å². The average molecular weight is 294 g/mol. The van der Waals surface area contributed by atoms with Gasteiger partial charge in [-0.05, 0) is 24.3 Å². The van der Waals surface area contributed by atoms with Crippen molar-refractivity contribution < 1.29 is 18.4 Å². The second-order valence-corrected chi connectivity index (χ2v) is 4.04. The molecule has 0 bridgehead atoms. The van der Waals surface area contributed by atoms with E-state index in [9.17, 15) is 13.2 Å². The molecule has 5 nitrogen and oxygen atoms in total. The number of aromatic nitrogens is 1. The van der Waals surface area contributed by atoms with Crippen LogP contribution in [0.3, 0.4) is 0 Å². The Labute approximate surface area is 117 Å². The molecule has 8 heteroatoms. The van der Waals surface area contributed by atoms with E-state index in [0.29, 0.717) is 5.69 Å². The summed E-state index contributed by atoms with van der Waals surface area (Å²) in [7, 11) is 0. The van der Waals surface area contributed by atoms with Crippen LogP contribution in [0.4, 0.5) is 30.4 Å². The molecule has 1 aromatic carbocycles. The summed E-state index contributed by atoms with van der Waals surface area (Å²) in [6.45, 7) is 0. The van der Waals surface area contributed by atoms with Crippen molar-refractivity contribution in [2.45, 2.75) is 6.18 Å². The molecule has 2 aromatic rings. The van der Waals surface area contributed by atoms with Crippen molar-refractivity contribution in [3.8, 4) is 6.07 Å². The Morgan fingerprint density at radius 2 is 1.90 bits per heavy atom. The lowest BCUT2D eigenvalue weighted by Gasteiger charge is -2.12. The molecule has 0 aliphatic carbocycles. The third-order valence-corrected chi connectivity index (χ3v) is 2.61. The monoisotopic (exact) mass is 294 g/mol. The SMILES string of the molecule is N#Cc1ccc(Nc2cc(NO)ccn2)cc1C(F)(F)F. The summed E-state index contributed by atoms with van der Waals surface area (Å²) in [6.07, 6.45) is -3.25. The largest absolute Gasteiger partial charge is 0.417 e. The zero-order chi connectivity index (χ0) is 15.5. The first kappa shape index (κ1) is 14.6. The van der Waals surface area contributed by atoms with E-state index >= 15 is 0 Å². The molecule has 3 N–H and O–H groups in total. The third-order valence-electron chi connectivity index (χ3n) is 2.61. The van der Waals surface area contributed by atoms with Gasteiger partial charge in [0.25, 0.3) is 0 Å². The van der Waals surface area contributed by atoms with E-state index in [1.54, 1.807) is 0 Å². The number of hydrogen-bond donors (Lipinski definition) is 3. The van der Waals surface area contributed by atoms with E-state index < -0.39 is 17.3 Å². The van der Waals surface area contributed by atoms with Gasteiger partial charge in [-0.15, -0.1) is 0 Å². The van der Waals surface area contributed by atoms with E-state index in [1.165, 1.54) is 30.5 Å². The number of benzene rings is 1. The van der Waals surface area contributed by atoms with Crippen LogP contribution >= 0.6 is 0 Å². The summed E-state index contributed by atoms with van der Waals surface area (Å²) in [6, 6.07) is 7.65. The maximum atomic E-state index is 12.8. The lowest BCUT2D eigenvalue weighted by molar-refractivity contribution is -0.137. The van der Waals surface area contributed by atoms with Crippen LogP contribution in [-0.4, -0.2) is 10.2 Å². The fourth-order valence-corrected chi connectivity index (χ4v) is 1.67. The highest BCUT2D eigenvalue weighted by molar-refractivity contribution is 5.62. The molecular weight excluding hydrogens is 285 g/mol. The smallest absolute Gasteiger partial charge is 0.340 e. The van der Waals surface area contributed by atoms with Crippen molar-refractivity contribution >= 4 is 17.2 Å². The minimum atomic E-state index is -4.62. The molecule has 0 saturated heterocycles. The molecule has 0 unspecified atom stereocenters. The number of alkyl halides is 3. The van der Waals surface area contributed by atoms with Crippen molar-refractivity contribution in [3.63, 3.8) is 0 Å². The molecule has 2 rings (SSSR count). The fraction of sp³-hybridized carbons (Fsp3) is 0.0769. The first-order valence-electron chi connectivity index (χ1n) is 5.68. The summed E-state index contributed by atoms with van der Waals surface area (Å²) >= 11 is 0. The molecule has 0 radical (unpaired) electrons. The second kappa shape index (κ2) is 5.68. The molecule has 0 atom stereocenters. The van der Waals surface area contributed by atoms with Gasteiger partial charge in [-0.25, -0.2) is 4.98 Å². The molecule has 0 fully saturated rings. The Balaban J connectivity index is 2.35. The number of nitrogens with one attached hydrogen (secondary N) is 2. The molecule has 0 aliphatic heterocycles. The highest BCUT2D eigenvalue weighted by Gasteiger charge is 2.33. The van der Waals surface area contributed by atoms with E-state index in [4.69, 9.17) is 10.5 Å². The maximum Gasteiger partial charge on any atom is 0.417 e. The molecule has 1 aromatic heterocycles.